The van der Waals surface area contributed by atoms with Gasteiger partial charge in [0.2, 0.25) is 0 Å². The Hall–Kier alpha value is -0.150. The van der Waals surface area contributed by atoms with Crippen molar-refractivity contribution in [2.24, 2.45) is 17.8 Å². The summed E-state index contributed by atoms with van der Waals surface area (Å²) in [5, 5.41) is 15.9. The molecule has 0 aromatic carbocycles. The van der Waals surface area contributed by atoms with Gasteiger partial charge in [0.05, 0.1) is 5.92 Å². The Kier molecular flexibility index (Phi) is 10.8. The van der Waals surface area contributed by atoms with Crippen molar-refractivity contribution < 1.29 is 63.8 Å². The minimum Gasteiger partial charge on any atom is -1.00 e. The van der Waals surface area contributed by atoms with Crippen LogP contribution in [0.5, 0.6) is 0 Å². The monoisotopic (exact) mass is 334 g/mol. The second-order valence-corrected chi connectivity index (χ2v) is 6.51. The molecular weight excluding hydrogens is 311 g/mol. The predicted octanol–water partition coefficient (Wildman–Crippen LogP) is -1.39. The molecule has 4 atom stereocenters. The van der Waals surface area contributed by atoms with Crippen LogP contribution in [-0.4, -0.2) is 40.4 Å². The number of hydrogen-bond donors (Lipinski definition) is 3. The van der Waals surface area contributed by atoms with Crippen LogP contribution in [0.1, 0.15) is 41.5 Å². The normalized spacial score (nSPS) is 17.1. The van der Waals surface area contributed by atoms with Crippen molar-refractivity contribution in [2.75, 3.05) is 0 Å². The van der Waals surface area contributed by atoms with E-state index in [1.165, 1.54) is 0 Å². The van der Waals surface area contributed by atoms with Gasteiger partial charge in [-0.3, -0.25) is 14.1 Å². The maximum atomic E-state index is 11.4. The summed E-state index contributed by atoms with van der Waals surface area (Å²) in [6.07, 6.45) is 1.74. The van der Waals surface area contributed by atoms with Crippen molar-refractivity contribution in [2.45, 2.75) is 45.3 Å². The van der Waals surface area contributed by atoms with E-state index in [1.54, 1.807) is 13.8 Å². The van der Waals surface area contributed by atoms with E-state index in [9.17, 15) is 23.1 Å². The molecule has 0 aromatic heterocycles. The van der Waals surface area contributed by atoms with Crippen molar-refractivity contribution in [1.29, 1.82) is 0 Å². The average molecular weight is 334 g/mol. The molecule has 0 saturated carbocycles. The number of carbonyl (C=O) groups is 2. The largest absolute Gasteiger partial charge is 1.00 e. The van der Waals surface area contributed by atoms with Gasteiger partial charge in [0, 0.05) is 0 Å². The Morgan fingerprint density at radius 2 is 1.62 bits per heavy atom. The number of hydrogen-bond acceptors (Lipinski definition) is 4. The molecule has 21 heavy (non-hydrogen) atoms. The van der Waals surface area contributed by atoms with E-state index in [-0.39, 0.29) is 36.9 Å². The van der Waals surface area contributed by atoms with Crippen LogP contribution in [0.25, 0.3) is 0 Å². The van der Waals surface area contributed by atoms with E-state index >= 15 is 0 Å². The van der Waals surface area contributed by atoms with Gasteiger partial charge in [0.15, 0.2) is 5.25 Å². The van der Waals surface area contributed by atoms with Gasteiger partial charge < -0.3 is 11.6 Å². The van der Waals surface area contributed by atoms with Gasteiger partial charge >= 0.3 is 41.5 Å². The summed E-state index contributed by atoms with van der Waals surface area (Å²) in [4.78, 5) is 22.5. The zero-order valence-electron chi connectivity index (χ0n) is 13.8. The second-order valence-electron chi connectivity index (χ2n) is 4.98. The molecule has 0 aliphatic carbocycles. The molecule has 7 nitrogen and oxygen atoms in total. The van der Waals surface area contributed by atoms with Crippen LogP contribution >= 0.6 is 0 Å². The zero-order valence-corrected chi connectivity index (χ0v) is 15.6. The fourth-order valence-electron chi connectivity index (χ4n) is 2.68. The second kappa shape index (κ2) is 9.78. The maximum Gasteiger partial charge on any atom is 1.00 e. The third-order valence-electron chi connectivity index (χ3n) is 3.58. The molecular formula is C12H23NaO7S. The summed E-state index contributed by atoms with van der Waals surface area (Å²) in [6.45, 7) is 5.34. The van der Waals surface area contributed by atoms with Crippen LogP contribution in [0.2, 0.25) is 0 Å². The van der Waals surface area contributed by atoms with E-state index in [0.29, 0.717) is 12.8 Å². The van der Waals surface area contributed by atoms with Crippen LogP contribution in [-0.2, 0) is 19.7 Å². The molecule has 0 bridgehead atoms. The zero-order chi connectivity index (χ0) is 16.1. The summed E-state index contributed by atoms with van der Waals surface area (Å²) < 4.78 is 31.5. The fraction of sp³-hybridized carbons (Fsp3) is 0.833. The number of aliphatic carboxylic acids is 2. The van der Waals surface area contributed by atoms with Gasteiger partial charge in [-0.2, -0.15) is 8.42 Å². The summed E-state index contributed by atoms with van der Waals surface area (Å²) in [5.41, 5.74) is 0. The van der Waals surface area contributed by atoms with E-state index < -0.39 is 39.1 Å². The summed E-state index contributed by atoms with van der Waals surface area (Å²) >= 11 is 0. The SMILES string of the molecule is CCCC(C)C(CC)C(C(=O)O)C(C(=O)O)S(=O)(=O)O.[H-].[Na+]. The van der Waals surface area contributed by atoms with Gasteiger partial charge in [0.1, 0.15) is 0 Å². The molecule has 0 rings (SSSR count). The van der Waals surface area contributed by atoms with Gasteiger partial charge in [-0.25, -0.2) is 0 Å². The molecule has 0 heterocycles. The summed E-state index contributed by atoms with van der Waals surface area (Å²) in [5.74, 6) is -5.84. The standard InChI is InChI=1S/C12H22O7S.Na.H/c1-4-6-7(3)8(5-2)9(11(13)14)10(12(15)16)20(17,18)19;;/h7-10H,4-6H2,1-3H3,(H,13,14)(H,15,16)(H,17,18,19);;/q;+1;-1. The Bertz CT molecular complexity index is 454. The molecule has 0 aliphatic rings. The molecule has 4 unspecified atom stereocenters. The smallest absolute Gasteiger partial charge is 1.00 e. The molecule has 0 aliphatic heterocycles. The Labute approximate surface area is 148 Å². The molecule has 3 N–H and O–H groups in total. The molecule has 120 valence electrons. The minimum absolute atomic E-state index is 0. The van der Waals surface area contributed by atoms with Crippen LogP contribution in [0.4, 0.5) is 0 Å². The molecule has 0 saturated heterocycles. The van der Waals surface area contributed by atoms with Crippen LogP contribution < -0.4 is 29.6 Å². The molecule has 0 radical (unpaired) electrons. The first-order chi connectivity index (χ1) is 9.07. The third-order valence-corrected chi connectivity index (χ3v) is 4.72. The van der Waals surface area contributed by atoms with E-state index in [2.05, 4.69) is 0 Å². The fourth-order valence-corrected chi connectivity index (χ4v) is 3.63. The van der Waals surface area contributed by atoms with Crippen molar-refractivity contribution >= 4 is 22.1 Å². The molecule has 0 amide bonds. The quantitative estimate of drug-likeness (QED) is 0.349. The molecule has 9 heteroatoms. The van der Waals surface area contributed by atoms with E-state index in [1.807, 2.05) is 6.92 Å². The van der Waals surface area contributed by atoms with Crippen molar-refractivity contribution in [3.05, 3.63) is 0 Å². The van der Waals surface area contributed by atoms with Gasteiger partial charge in [0.25, 0.3) is 10.1 Å². The van der Waals surface area contributed by atoms with Crippen LogP contribution in [0, 0.1) is 17.8 Å². The summed E-state index contributed by atoms with van der Waals surface area (Å²) in [6, 6.07) is 0. The Balaban J connectivity index is -0.00000180. The van der Waals surface area contributed by atoms with E-state index in [0.717, 1.165) is 6.42 Å². The maximum absolute atomic E-state index is 11.4. The summed E-state index contributed by atoms with van der Waals surface area (Å²) in [7, 11) is -4.99. The Morgan fingerprint density at radius 1 is 1.14 bits per heavy atom. The average Bonchev–Trinajstić information content (AvgIpc) is 2.26. The van der Waals surface area contributed by atoms with Crippen LogP contribution in [0.15, 0.2) is 0 Å². The number of rotatable bonds is 9. The molecule has 0 fully saturated rings. The topological polar surface area (TPSA) is 129 Å². The van der Waals surface area contributed by atoms with Crippen LogP contribution in [0.3, 0.4) is 0 Å². The first-order valence-electron chi connectivity index (χ1n) is 6.49. The minimum atomic E-state index is -4.99. The predicted molar refractivity (Wildman–Crippen MR) is 73.1 cm³/mol. The third kappa shape index (κ3) is 6.65. The van der Waals surface area contributed by atoms with E-state index in [4.69, 9.17) is 9.66 Å². The van der Waals surface area contributed by atoms with Crippen molar-refractivity contribution in [3.8, 4) is 0 Å². The number of carboxylic acids is 2. The first kappa shape index (κ1) is 23.1. The molecule has 0 aromatic rings. The van der Waals surface area contributed by atoms with Gasteiger partial charge in [-0.05, 0) is 11.8 Å². The van der Waals surface area contributed by atoms with Crippen molar-refractivity contribution in [1.82, 2.24) is 0 Å². The molecule has 0 spiro atoms. The Morgan fingerprint density at radius 3 is 1.86 bits per heavy atom. The number of carboxylic acid groups (broad SMARTS) is 2. The van der Waals surface area contributed by atoms with Crippen molar-refractivity contribution in [3.63, 3.8) is 0 Å². The van der Waals surface area contributed by atoms with Gasteiger partial charge in [-0.15, -0.1) is 0 Å². The first-order valence-corrected chi connectivity index (χ1v) is 8.00. The van der Waals surface area contributed by atoms with Gasteiger partial charge in [-0.1, -0.05) is 40.0 Å².